The molecule has 1 aliphatic carbocycles. The van der Waals surface area contributed by atoms with Crippen LogP contribution in [0.4, 0.5) is 0 Å². The molecule has 0 aromatic heterocycles. The minimum Gasteiger partial charge on any atom is -0.345 e. The van der Waals surface area contributed by atoms with E-state index in [-0.39, 0.29) is 5.92 Å². The number of amides is 1. The van der Waals surface area contributed by atoms with Gasteiger partial charge in [0.05, 0.1) is 5.92 Å². The highest BCUT2D eigenvalue weighted by atomic mass is 16.2. The Kier molecular flexibility index (Phi) is 4.43. The monoisotopic (exact) mass is 238 g/mol. The van der Waals surface area contributed by atoms with Crippen LogP contribution in [-0.4, -0.2) is 37.0 Å². The van der Waals surface area contributed by atoms with E-state index in [4.69, 9.17) is 0 Å². The Morgan fingerprint density at radius 3 is 2.53 bits per heavy atom. The van der Waals surface area contributed by atoms with Gasteiger partial charge in [0.25, 0.3) is 0 Å². The number of rotatable bonds is 3. The highest BCUT2D eigenvalue weighted by molar-refractivity contribution is 5.79. The lowest BCUT2D eigenvalue weighted by Crippen LogP contribution is -2.40. The minimum absolute atomic E-state index is 0.212. The molecule has 0 aromatic rings. The normalized spacial score (nSPS) is 30.5. The van der Waals surface area contributed by atoms with E-state index in [1.54, 1.807) is 0 Å². The predicted octanol–water partition coefficient (Wildman–Crippen LogP) is 2.02. The Bertz CT molecular complexity index is 261. The van der Waals surface area contributed by atoms with Crippen LogP contribution >= 0.6 is 0 Å². The van der Waals surface area contributed by atoms with Crippen molar-refractivity contribution in [3.05, 3.63) is 0 Å². The van der Waals surface area contributed by atoms with E-state index < -0.39 is 0 Å². The zero-order valence-corrected chi connectivity index (χ0v) is 11.2. The van der Waals surface area contributed by atoms with Gasteiger partial charge in [0.15, 0.2) is 0 Å². The van der Waals surface area contributed by atoms with Crippen LogP contribution in [0.25, 0.3) is 0 Å². The van der Waals surface area contributed by atoms with Crippen LogP contribution in [0.1, 0.15) is 45.4 Å². The van der Waals surface area contributed by atoms with E-state index in [0.717, 1.165) is 25.4 Å². The zero-order chi connectivity index (χ0) is 12.3. The smallest absolute Gasteiger partial charge is 0.227 e. The molecule has 1 heterocycles. The van der Waals surface area contributed by atoms with Gasteiger partial charge in [-0.1, -0.05) is 19.3 Å². The number of hydrogen-bond acceptors (Lipinski definition) is 2. The SMILES string of the molecule is CC1NCCC1C(=O)N(C)CC1CCCCC1. The second-order valence-corrected chi connectivity index (χ2v) is 5.86. The van der Waals surface area contributed by atoms with Gasteiger partial charge in [0.2, 0.25) is 5.91 Å². The number of carbonyl (C=O) groups excluding carboxylic acids is 1. The molecule has 2 rings (SSSR count). The van der Waals surface area contributed by atoms with Crippen molar-refractivity contribution in [2.45, 2.75) is 51.5 Å². The van der Waals surface area contributed by atoms with Gasteiger partial charge >= 0.3 is 0 Å². The number of nitrogens with one attached hydrogen (secondary N) is 1. The maximum absolute atomic E-state index is 12.3. The third-order valence-electron chi connectivity index (χ3n) is 4.48. The lowest BCUT2D eigenvalue weighted by Gasteiger charge is -2.29. The Labute approximate surface area is 105 Å². The van der Waals surface area contributed by atoms with Crippen molar-refractivity contribution in [2.75, 3.05) is 20.1 Å². The lowest BCUT2D eigenvalue weighted by molar-refractivity contribution is -0.135. The van der Waals surface area contributed by atoms with Gasteiger partial charge in [0.1, 0.15) is 0 Å². The van der Waals surface area contributed by atoms with Crippen LogP contribution in [0.3, 0.4) is 0 Å². The predicted molar refractivity (Wildman–Crippen MR) is 69.8 cm³/mol. The highest BCUT2D eigenvalue weighted by Crippen LogP contribution is 2.25. The summed E-state index contributed by atoms with van der Waals surface area (Å²) in [6, 6.07) is 0.358. The summed E-state index contributed by atoms with van der Waals surface area (Å²) in [6.07, 6.45) is 7.74. The van der Waals surface area contributed by atoms with Crippen LogP contribution in [0, 0.1) is 11.8 Å². The molecule has 0 spiro atoms. The van der Waals surface area contributed by atoms with E-state index in [9.17, 15) is 4.79 Å². The molecule has 2 unspecified atom stereocenters. The molecular weight excluding hydrogens is 212 g/mol. The third kappa shape index (κ3) is 3.21. The van der Waals surface area contributed by atoms with Gasteiger partial charge in [-0.2, -0.15) is 0 Å². The molecule has 0 aromatic carbocycles. The number of hydrogen-bond donors (Lipinski definition) is 1. The topological polar surface area (TPSA) is 32.3 Å². The Morgan fingerprint density at radius 2 is 1.94 bits per heavy atom. The van der Waals surface area contributed by atoms with Gasteiger partial charge < -0.3 is 10.2 Å². The van der Waals surface area contributed by atoms with Gasteiger partial charge in [-0.15, -0.1) is 0 Å². The van der Waals surface area contributed by atoms with Crippen molar-refractivity contribution in [1.82, 2.24) is 10.2 Å². The average Bonchev–Trinajstić information content (AvgIpc) is 2.76. The molecule has 3 heteroatoms. The summed E-state index contributed by atoms with van der Waals surface area (Å²) in [5.41, 5.74) is 0. The van der Waals surface area contributed by atoms with Gasteiger partial charge in [-0.3, -0.25) is 4.79 Å². The van der Waals surface area contributed by atoms with Crippen LogP contribution in [0.15, 0.2) is 0 Å². The van der Waals surface area contributed by atoms with Crippen molar-refractivity contribution < 1.29 is 4.79 Å². The van der Waals surface area contributed by atoms with Gasteiger partial charge in [0, 0.05) is 19.6 Å². The van der Waals surface area contributed by atoms with Crippen LogP contribution < -0.4 is 5.32 Å². The van der Waals surface area contributed by atoms with Crippen LogP contribution in [-0.2, 0) is 4.79 Å². The fourth-order valence-electron chi connectivity index (χ4n) is 3.33. The summed E-state index contributed by atoms with van der Waals surface area (Å²) < 4.78 is 0. The second-order valence-electron chi connectivity index (χ2n) is 5.86. The zero-order valence-electron chi connectivity index (χ0n) is 11.2. The maximum atomic E-state index is 12.3. The molecule has 1 aliphatic heterocycles. The summed E-state index contributed by atoms with van der Waals surface area (Å²) in [7, 11) is 1.99. The largest absolute Gasteiger partial charge is 0.345 e. The molecule has 1 saturated carbocycles. The number of carbonyl (C=O) groups is 1. The standard InChI is InChI=1S/C14H26N2O/c1-11-13(8-9-15-11)14(17)16(2)10-12-6-4-3-5-7-12/h11-13,15H,3-10H2,1-2H3. The first-order valence-corrected chi connectivity index (χ1v) is 7.17. The fraction of sp³-hybridized carbons (Fsp3) is 0.929. The van der Waals surface area contributed by atoms with Crippen LogP contribution in [0.2, 0.25) is 0 Å². The maximum Gasteiger partial charge on any atom is 0.227 e. The second kappa shape index (κ2) is 5.85. The third-order valence-corrected chi connectivity index (χ3v) is 4.48. The minimum atomic E-state index is 0.212. The Balaban J connectivity index is 1.81. The molecule has 17 heavy (non-hydrogen) atoms. The molecule has 1 amide bonds. The molecule has 98 valence electrons. The summed E-state index contributed by atoms with van der Waals surface area (Å²) >= 11 is 0. The molecule has 0 radical (unpaired) electrons. The van der Waals surface area contributed by atoms with E-state index in [1.165, 1.54) is 32.1 Å². The van der Waals surface area contributed by atoms with Gasteiger partial charge in [-0.05, 0) is 38.6 Å². The molecule has 3 nitrogen and oxygen atoms in total. The van der Waals surface area contributed by atoms with Crippen molar-refractivity contribution in [1.29, 1.82) is 0 Å². The van der Waals surface area contributed by atoms with Crippen molar-refractivity contribution in [3.8, 4) is 0 Å². The molecule has 0 bridgehead atoms. The molecule has 1 N–H and O–H groups in total. The average molecular weight is 238 g/mol. The molecule has 1 saturated heterocycles. The summed E-state index contributed by atoms with van der Waals surface area (Å²) in [5.74, 6) is 1.32. The number of nitrogens with zero attached hydrogens (tertiary/aromatic N) is 1. The summed E-state index contributed by atoms with van der Waals surface area (Å²) in [4.78, 5) is 14.3. The van der Waals surface area contributed by atoms with Crippen molar-refractivity contribution in [2.24, 2.45) is 11.8 Å². The first-order chi connectivity index (χ1) is 8.18. The van der Waals surface area contributed by atoms with E-state index in [2.05, 4.69) is 12.2 Å². The van der Waals surface area contributed by atoms with Crippen LogP contribution in [0.5, 0.6) is 0 Å². The van der Waals surface area contributed by atoms with Crippen molar-refractivity contribution in [3.63, 3.8) is 0 Å². The van der Waals surface area contributed by atoms with E-state index in [0.29, 0.717) is 11.9 Å². The van der Waals surface area contributed by atoms with Gasteiger partial charge in [-0.25, -0.2) is 0 Å². The Hall–Kier alpha value is -0.570. The molecular formula is C14H26N2O. The summed E-state index contributed by atoms with van der Waals surface area (Å²) in [5, 5.41) is 3.36. The molecule has 2 atom stereocenters. The lowest BCUT2D eigenvalue weighted by atomic mass is 9.88. The van der Waals surface area contributed by atoms with E-state index in [1.807, 2.05) is 11.9 Å². The Morgan fingerprint density at radius 1 is 1.24 bits per heavy atom. The quantitative estimate of drug-likeness (QED) is 0.816. The van der Waals surface area contributed by atoms with Crippen molar-refractivity contribution >= 4 is 5.91 Å². The highest BCUT2D eigenvalue weighted by Gasteiger charge is 2.32. The molecule has 2 fully saturated rings. The van der Waals surface area contributed by atoms with E-state index >= 15 is 0 Å². The fourth-order valence-corrected chi connectivity index (χ4v) is 3.33. The molecule has 2 aliphatic rings. The first-order valence-electron chi connectivity index (χ1n) is 7.17. The summed E-state index contributed by atoms with van der Waals surface area (Å²) in [6.45, 7) is 4.10. The first kappa shape index (κ1) is 12.9.